The molecule has 3 aromatic rings. The summed E-state index contributed by atoms with van der Waals surface area (Å²) >= 11 is 12.3. The van der Waals surface area contributed by atoms with Gasteiger partial charge in [0.05, 0.1) is 45.4 Å². The molecule has 0 radical (unpaired) electrons. The molecule has 0 bridgehead atoms. The molecule has 4 rings (SSSR count). The van der Waals surface area contributed by atoms with Gasteiger partial charge in [0, 0.05) is 13.0 Å². The Morgan fingerprint density at radius 3 is 2.78 bits per heavy atom. The molecule has 1 atom stereocenters. The van der Waals surface area contributed by atoms with E-state index in [0.717, 1.165) is 17.1 Å². The maximum absolute atomic E-state index is 13.0. The van der Waals surface area contributed by atoms with Crippen molar-refractivity contribution in [3.8, 4) is 5.82 Å². The number of amides is 1. The topological polar surface area (TPSA) is 76.8 Å². The number of rotatable bonds is 2. The van der Waals surface area contributed by atoms with E-state index in [0.29, 0.717) is 29.4 Å². The van der Waals surface area contributed by atoms with E-state index in [-0.39, 0.29) is 17.0 Å². The maximum Gasteiger partial charge on any atom is 0.255 e. The summed E-state index contributed by atoms with van der Waals surface area (Å²) in [5, 5.41) is 9.14. The second-order valence-electron chi connectivity index (χ2n) is 6.38. The van der Waals surface area contributed by atoms with Gasteiger partial charge >= 0.3 is 0 Å². The SMILES string of the molecule is Cc1cnc(-n2nnc3c2CCN(C(=O)c2cccc(Cl)c2Cl)C3C)cn1. The van der Waals surface area contributed by atoms with Crippen molar-refractivity contribution in [1.29, 1.82) is 0 Å². The average molecular weight is 403 g/mol. The van der Waals surface area contributed by atoms with Crippen LogP contribution in [-0.2, 0) is 6.42 Å². The normalized spacial score (nSPS) is 16.3. The van der Waals surface area contributed by atoms with Crippen LogP contribution in [0, 0.1) is 6.92 Å². The summed E-state index contributed by atoms with van der Waals surface area (Å²) in [5.74, 6) is 0.435. The average Bonchev–Trinajstić information content (AvgIpc) is 3.09. The molecule has 1 unspecified atom stereocenters. The molecule has 0 saturated carbocycles. The van der Waals surface area contributed by atoms with Crippen molar-refractivity contribution < 1.29 is 4.79 Å². The quantitative estimate of drug-likeness (QED) is 0.655. The third kappa shape index (κ3) is 3.07. The fraction of sp³-hybridized carbons (Fsp3) is 0.278. The predicted octanol–water partition coefficient (Wildman–Crippen LogP) is 3.43. The van der Waals surface area contributed by atoms with Crippen LogP contribution in [0.5, 0.6) is 0 Å². The Bertz CT molecular complexity index is 1020. The van der Waals surface area contributed by atoms with Crippen LogP contribution in [0.4, 0.5) is 0 Å². The van der Waals surface area contributed by atoms with E-state index >= 15 is 0 Å². The van der Waals surface area contributed by atoms with Crippen molar-refractivity contribution in [3.63, 3.8) is 0 Å². The van der Waals surface area contributed by atoms with E-state index in [4.69, 9.17) is 23.2 Å². The van der Waals surface area contributed by atoms with Gasteiger partial charge in [-0.2, -0.15) is 4.68 Å². The minimum Gasteiger partial charge on any atom is -0.330 e. The molecular weight excluding hydrogens is 387 g/mol. The van der Waals surface area contributed by atoms with Crippen molar-refractivity contribution in [2.45, 2.75) is 26.3 Å². The fourth-order valence-corrected chi connectivity index (χ4v) is 3.60. The highest BCUT2D eigenvalue weighted by Gasteiger charge is 2.33. The molecular formula is C18H16Cl2N6O. The number of aryl methyl sites for hydroxylation is 1. The first-order chi connectivity index (χ1) is 13.0. The molecule has 0 fully saturated rings. The molecule has 7 nitrogen and oxygen atoms in total. The molecule has 0 N–H and O–H groups in total. The van der Waals surface area contributed by atoms with Crippen LogP contribution in [0.3, 0.4) is 0 Å². The fourth-order valence-electron chi connectivity index (χ4n) is 3.22. The number of fused-ring (bicyclic) bond motifs is 1. The minimum absolute atomic E-state index is 0.176. The van der Waals surface area contributed by atoms with Crippen LogP contribution >= 0.6 is 23.2 Å². The Kier molecular flexibility index (Phi) is 4.57. The zero-order valence-corrected chi connectivity index (χ0v) is 16.2. The molecule has 9 heteroatoms. The van der Waals surface area contributed by atoms with E-state index in [1.54, 1.807) is 40.2 Å². The van der Waals surface area contributed by atoms with Crippen LogP contribution in [0.15, 0.2) is 30.6 Å². The highest BCUT2D eigenvalue weighted by atomic mass is 35.5. The Balaban J connectivity index is 1.66. The lowest BCUT2D eigenvalue weighted by molar-refractivity contribution is 0.0672. The molecule has 1 amide bonds. The summed E-state index contributed by atoms with van der Waals surface area (Å²) in [6.45, 7) is 4.32. The van der Waals surface area contributed by atoms with Crippen molar-refractivity contribution >= 4 is 29.1 Å². The monoisotopic (exact) mass is 402 g/mol. The van der Waals surface area contributed by atoms with Crippen LogP contribution < -0.4 is 0 Å². The largest absolute Gasteiger partial charge is 0.330 e. The number of hydrogen-bond acceptors (Lipinski definition) is 5. The first kappa shape index (κ1) is 17.9. The third-order valence-corrected chi connectivity index (χ3v) is 5.49. The van der Waals surface area contributed by atoms with Gasteiger partial charge in [-0.3, -0.25) is 9.78 Å². The van der Waals surface area contributed by atoms with Gasteiger partial charge in [-0.05, 0) is 26.0 Å². The number of benzene rings is 1. The Morgan fingerprint density at radius 2 is 2.04 bits per heavy atom. The predicted molar refractivity (Wildman–Crippen MR) is 101 cm³/mol. The van der Waals surface area contributed by atoms with Crippen molar-refractivity contribution in [1.82, 2.24) is 29.9 Å². The van der Waals surface area contributed by atoms with Gasteiger partial charge in [-0.25, -0.2) is 4.98 Å². The minimum atomic E-state index is -0.247. The van der Waals surface area contributed by atoms with Crippen LogP contribution in [0.2, 0.25) is 10.0 Å². The summed E-state index contributed by atoms with van der Waals surface area (Å²) < 4.78 is 1.69. The first-order valence-corrected chi connectivity index (χ1v) is 9.21. The van der Waals surface area contributed by atoms with Crippen LogP contribution in [0.1, 0.15) is 40.4 Å². The van der Waals surface area contributed by atoms with Gasteiger partial charge in [0.2, 0.25) is 0 Å². The highest BCUT2D eigenvalue weighted by Crippen LogP contribution is 2.32. The van der Waals surface area contributed by atoms with Crippen LogP contribution in [0.25, 0.3) is 5.82 Å². The van der Waals surface area contributed by atoms with Gasteiger partial charge in [0.15, 0.2) is 5.82 Å². The van der Waals surface area contributed by atoms with E-state index < -0.39 is 0 Å². The number of halogens is 2. The number of carbonyl (C=O) groups is 1. The summed E-state index contributed by atoms with van der Waals surface area (Å²) in [5.41, 5.74) is 2.89. The summed E-state index contributed by atoms with van der Waals surface area (Å²) in [4.78, 5) is 23.4. The van der Waals surface area contributed by atoms with E-state index in [1.807, 2.05) is 13.8 Å². The molecule has 0 aliphatic carbocycles. The Hall–Kier alpha value is -2.51. The van der Waals surface area contributed by atoms with Crippen molar-refractivity contribution in [2.75, 3.05) is 6.54 Å². The molecule has 2 aromatic heterocycles. The molecule has 1 aromatic carbocycles. The summed E-state index contributed by atoms with van der Waals surface area (Å²) in [7, 11) is 0. The van der Waals surface area contributed by atoms with E-state index in [9.17, 15) is 4.79 Å². The Morgan fingerprint density at radius 1 is 1.22 bits per heavy atom. The standard InChI is InChI=1S/C18H16Cl2N6O/c1-10-8-22-15(9-21-10)26-14-6-7-25(11(2)17(14)23-24-26)18(27)12-4-3-5-13(19)16(12)20/h3-5,8-9,11H,6-7H2,1-2H3. The zero-order valence-electron chi connectivity index (χ0n) is 14.7. The third-order valence-electron chi connectivity index (χ3n) is 4.67. The molecule has 0 spiro atoms. The summed E-state index contributed by atoms with van der Waals surface area (Å²) in [6.07, 6.45) is 3.96. The number of nitrogens with zero attached hydrogens (tertiary/aromatic N) is 6. The number of hydrogen-bond donors (Lipinski definition) is 0. The molecule has 27 heavy (non-hydrogen) atoms. The van der Waals surface area contributed by atoms with Crippen molar-refractivity contribution in [3.05, 3.63) is 63.3 Å². The first-order valence-electron chi connectivity index (χ1n) is 8.46. The second-order valence-corrected chi connectivity index (χ2v) is 7.16. The summed E-state index contributed by atoms with van der Waals surface area (Å²) in [6, 6.07) is 4.81. The molecule has 1 aliphatic heterocycles. The van der Waals surface area contributed by atoms with Gasteiger partial charge in [-0.1, -0.05) is 34.5 Å². The number of carbonyl (C=O) groups excluding carboxylic acids is 1. The van der Waals surface area contributed by atoms with E-state index in [2.05, 4.69) is 20.3 Å². The number of aromatic nitrogens is 5. The second kappa shape index (κ2) is 6.90. The van der Waals surface area contributed by atoms with Crippen LogP contribution in [-0.4, -0.2) is 42.3 Å². The Labute approximate surface area is 165 Å². The van der Waals surface area contributed by atoms with Crippen molar-refractivity contribution in [2.24, 2.45) is 0 Å². The molecule has 3 heterocycles. The van der Waals surface area contributed by atoms with Gasteiger partial charge < -0.3 is 4.90 Å². The smallest absolute Gasteiger partial charge is 0.255 e. The lowest BCUT2D eigenvalue weighted by Crippen LogP contribution is -2.39. The lowest BCUT2D eigenvalue weighted by Gasteiger charge is -2.32. The molecule has 1 aliphatic rings. The van der Waals surface area contributed by atoms with Gasteiger partial charge in [0.1, 0.15) is 5.69 Å². The molecule has 0 saturated heterocycles. The lowest BCUT2D eigenvalue weighted by atomic mass is 10.0. The maximum atomic E-state index is 13.0. The zero-order chi connectivity index (χ0) is 19.1. The van der Waals surface area contributed by atoms with Gasteiger partial charge in [0.25, 0.3) is 5.91 Å². The van der Waals surface area contributed by atoms with E-state index in [1.165, 1.54) is 0 Å². The molecule has 138 valence electrons. The highest BCUT2D eigenvalue weighted by molar-refractivity contribution is 6.43. The van der Waals surface area contributed by atoms with Gasteiger partial charge in [-0.15, -0.1) is 5.10 Å².